The van der Waals surface area contributed by atoms with Gasteiger partial charge in [0.05, 0.1) is 12.7 Å². The number of rotatable bonds is 7. The predicted molar refractivity (Wildman–Crippen MR) is 66.6 cm³/mol. The summed E-state index contributed by atoms with van der Waals surface area (Å²) < 4.78 is 6.62. The van der Waals surface area contributed by atoms with Gasteiger partial charge in [-0.3, -0.25) is 0 Å². The summed E-state index contributed by atoms with van der Waals surface area (Å²) in [7, 11) is 0. The van der Waals surface area contributed by atoms with Gasteiger partial charge in [0.15, 0.2) is 0 Å². The van der Waals surface area contributed by atoms with E-state index < -0.39 is 0 Å². The number of alkyl halides is 1. The minimum Gasteiger partial charge on any atom is -0.377 e. The van der Waals surface area contributed by atoms with E-state index in [1.165, 1.54) is 0 Å². The molecule has 80 valence electrons. The first-order chi connectivity index (χ1) is 6.07. The van der Waals surface area contributed by atoms with E-state index in [-0.39, 0.29) is 0 Å². The largest absolute Gasteiger partial charge is 0.377 e. The summed E-state index contributed by atoms with van der Waals surface area (Å²) in [6, 6.07) is 0.622. The van der Waals surface area contributed by atoms with Gasteiger partial charge in [0.25, 0.3) is 0 Å². The Bertz CT molecular complexity index is 117. The van der Waals surface area contributed by atoms with Gasteiger partial charge in [-0.25, -0.2) is 0 Å². The second-order valence-corrected chi connectivity index (χ2v) is 4.76. The smallest absolute Gasteiger partial charge is 0.0594 e. The van der Waals surface area contributed by atoms with Crippen molar-refractivity contribution in [3.63, 3.8) is 0 Å². The quantitative estimate of drug-likeness (QED) is 0.443. The van der Waals surface area contributed by atoms with Crippen molar-refractivity contribution in [2.75, 3.05) is 17.6 Å². The number of hydrogen-bond donors (Lipinski definition) is 1. The molecule has 0 amide bonds. The standard InChI is InChI=1S/C10H22INO/c1-8(2)10(7-11)12-5-6-13-9(3)4/h8-10,12H,5-7H2,1-4H3. The van der Waals surface area contributed by atoms with Gasteiger partial charge in [0, 0.05) is 17.0 Å². The number of ether oxygens (including phenoxy) is 1. The molecule has 0 fully saturated rings. The van der Waals surface area contributed by atoms with Gasteiger partial charge >= 0.3 is 0 Å². The van der Waals surface area contributed by atoms with Crippen molar-refractivity contribution in [3.8, 4) is 0 Å². The maximum absolute atomic E-state index is 5.45. The maximum Gasteiger partial charge on any atom is 0.0594 e. The molecule has 1 atom stereocenters. The highest BCUT2D eigenvalue weighted by Crippen LogP contribution is 2.04. The van der Waals surface area contributed by atoms with Gasteiger partial charge in [0.1, 0.15) is 0 Å². The summed E-state index contributed by atoms with van der Waals surface area (Å²) in [6.45, 7) is 10.4. The first-order valence-electron chi connectivity index (χ1n) is 4.98. The zero-order valence-electron chi connectivity index (χ0n) is 9.14. The molecule has 0 bridgehead atoms. The Labute approximate surface area is 95.9 Å². The van der Waals surface area contributed by atoms with Crippen LogP contribution in [0.3, 0.4) is 0 Å². The molecule has 1 unspecified atom stereocenters. The van der Waals surface area contributed by atoms with Crippen LogP contribution in [0.1, 0.15) is 27.7 Å². The van der Waals surface area contributed by atoms with Crippen LogP contribution in [-0.4, -0.2) is 29.7 Å². The average molecular weight is 299 g/mol. The van der Waals surface area contributed by atoms with E-state index in [1.54, 1.807) is 0 Å². The fraction of sp³-hybridized carbons (Fsp3) is 1.00. The van der Waals surface area contributed by atoms with Crippen molar-refractivity contribution in [3.05, 3.63) is 0 Å². The molecule has 0 spiro atoms. The van der Waals surface area contributed by atoms with Crippen molar-refractivity contribution < 1.29 is 4.74 Å². The minimum atomic E-state index is 0.346. The van der Waals surface area contributed by atoms with Crippen molar-refractivity contribution in [1.82, 2.24) is 5.32 Å². The summed E-state index contributed by atoms with van der Waals surface area (Å²) >= 11 is 2.43. The Morgan fingerprint density at radius 2 is 1.85 bits per heavy atom. The maximum atomic E-state index is 5.45. The van der Waals surface area contributed by atoms with Crippen LogP contribution in [0.25, 0.3) is 0 Å². The van der Waals surface area contributed by atoms with Crippen LogP contribution < -0.4 is 5.32 Å². The van der Waals surface area contributed by atoms with Crippen molar-refractivity contribution in [1.29, 1.82) is 0 Å². The third kappa shape index (κ3) is 7.70. The second kappa shape index (κ2) is 8.00. The molecule has 0 aliphatic rings. The highest BCUT2D eigenvalue weighted by atomic mass is 127. The summed E-state index contributed by atoms with van der Waals surface area (Å²) in [5.41, 5.74) is 0. The summed E-state index contributed by atoms with van der Waals surface area (Å²) in [5.74, 6) is 0.705. The van der Waals surface area contributed by atoms with Crippen molar-refractivity contribution in [2.45, 2.75) is 39.8 Å². The van der Waals surface area contributed by atoms with E-state index in [0.29, 0.717) is 18.1 Å². The lowest BCUT2D eigenvalue weighted by Gasteiger charge is -2.20. The molecule has 0 heterocycles. The van der Waals surface area contributed by atoms with Crippen LogP contribution in [0.15, 0.2) is 0 Å². The van der Waals surface area contributed by atoms with Crippen LogP contribution in [0.5, 0.6) is 0 Å². The molecule has 1 N–H and O–H groups in total. The molecule has 0 aromatic heterocycles. The van der Waals surface area contributed by atoms with E-state index in [2.05, 4.69) is 55.6 Å². The molecule has 0 aromatic carbocycles. The van der Waals surface area contributed by atoms with Crippen LogP contribution >= 0.6 is 22.6 Å². The normalized spacial score (nSPS) is 14.1. The highest BCUT2D eigenvalue weighted by molar-refractivity contribution is 14.1. The molecule has 0 saturated heterocycles. The molecule has 0 rings (SSSR count). The third-order valence-electron chi connectivity index (χ3n) is 1.93. The SMILES string of the molecule is CC(C)OCCNC(CI)C(C)C. The fourth-order valence-corrected chi connectivity index (χ4v) is 2.34. The third-order valence-corrected chi connectivity index (χ3v) is 2.88. The highest BCUT2D eigenvalue weighted by Gasteiger charge is 2.09. The van der Waals surface area contributed by atoms with Crippen molar-refractivity contribution in [2.24, 2.45) is 5.92 Å². The number of hydrogen-bond acceptors (Lipinski definition) is 2. The Morgan fingerprint density at radius 1 is 1.23 bits per heavy atom. The summed E-state index contributed by atoms with van der Waals surface area (Å²) in [4.78, 5) is 0. The number of nitrogens with one attached hydrogen (secondary N) is 1. The average Bonchev–Trinajstić information content (AvgIpc) is 2.03. The molecular formula is C10H22INO. The molecular weight excluding hydrogens is 277 g/mol. The Kier molecular flexibility index (Phi) is 8.40. The van der Waals surface area contributed by atoms with Gasteiger partial charge in [-0.15, -0.1) is 0 Å². The summed E-state index contributed by atoms with van der Waals surface area (Å²) in [6.07, 6.45) is 0.346. The van der Waals surface area contributed by atoms with E-state index in [1.807, 2.05) is 0 Å². The monoisotopic (exact) mass is 299 g/mol. The fourth-order valence-electron chi connectivity index (χ4n) is 1.01. The molecule has 13 heavy (non-hydrogen) atoms. The second-order valence-electron chi connectivity index (χ2n) is 3.88. The lowest BCUT2D eigenvalue weighted by molar-refractivity contribution is 0.0789. The molecule has 0 aliphatic heterocycles. The molecule has 0 saturated carbocycles. The van der Waals surface area contributed by atoms with Gasteiger partial charge in [-0.2, -0.15) is 0 Å². The lowest BCUT2D eigenvalue weighted by atomic mass is 10.1. The minimum absolute atomic E-state index is 0.346. The van der Waals surface area contributed by atoms with Gasteiger partial charge in [0.2, 0.25) is 0 Å². The molecule has 0 aromatic rings. The van der Waals surface area contributed by atoms with Gasteiger partial charge < -0.3 is 10.1 Å². The van der Waals surface area contributed by atoms with E-state index in [9.17, 15) is 0 Å². The van der Waals surface area contributed by atoms with Gasteiger partial charge in [-0.05, 0) is 19.8 Å². The molecule has 2 nitrogen and oxygen atoms in total. The van der Waals surface area contributed by atoms with Crippen LogP contribution in [0, 0.1) is 5.92 Å². The van der Waals surface area contributed by atoms with Gasteiger partial charge in [-0.1, -0.05) is 36.4 Å². The van der Waals surface area contributed by atoms with E-state index in [0.717, 1.165) is 17.6 Å². The summed E-state index contributed by atoms with van der Waals surface area (Å²) in [5, 5.41) is 3.49. The molecule has 3 heteroatoms. The lowest BCUT2D eigenvalue weighted by Crippen LogP contribution is -2.37. The zero-order chi connectivity index (χ0) is 10.3. The zero-order valence-corrected chi connectivity index (χ0v) is 11.3. The van der Waals surface area contributed by atoms with Crippen LogP contribution in [0.4, 0.5) is 0 Å². The number of halogens is 1. The van der Waals surface area contributed by atoms with E-state index >= 15 is 0 Å². The van der Waals surface area contributed by atoms with Crippen LogP contribution in [0.2, 0.25) is 0 Å². The first-order valence-corrected chi connectivity index (χ1v) is 6.51. The molecule has 0 radical (unpaired) electrons. The molecule has 0 aliphatic carbocycles. The Balaban J connectivity index is 3.39. The Morgan fingerprint density at radius 3 is 2.23 bits per heavy atom. The van der Waals surface area contributed by atoms with E-state index in [4.69, 9.17) is 4.74 Å². The predicted octanol–water partition coefficient (Wildman–Crippen LogP) is 2.46. The Hall–Kier alpha value is 0.650. The van der Waals surface area contributed by atoms with Crippen LogP contribution in [-0.2, 0) is 4.74 Å². The topological polar surface area (TPSA) is 21.3 Å². The van der Waals surface area contributed by atoms with Crippen molar-refractivity contribution >= 4 is 22.6 Å². The first kappa shape index (κ1) is 13.7.